The van der Waals surface area contributed by atoms with E-state index < -0.39 is 5.79 Å². The maximum atomic E-state index is 10.9. The Balaban J connectivity index is 2.39. The van der Waals surface area contributed by atoms with Crippen LogP contribution in [0.3, 0.4) is 0 Å². The number of hydrogen-bond acceptors (Lipinski definition) is 5. The van der Waals surface area contributed by atoms with Gasteiger partial charge in [0.25, 0.3) is 0 Å². The number of hydrogen-bond donors (Lipinski definition) is 1. The molecular formula is C12H21NO4. The van der Waals surface area contributed by atoms with Gasteiger partial charge in [0.15, 0.2) is 5.79 Å². The van der Waals surface area contributed by atoms with Crippen molar-refractivity contribution in [2.24, 2.45) is 5.73 Å². The van der Waals surface area contributed by atoms with Crippen LogP contribution in [0.1, 0.15) is 26.7 Å². The number of carbonyl (C=O) groups is 1. The molecule has 0 aromatic carbocycles. The summed E-state index contributed by atoms with van der Waals surface area (Å²) in [5.41, 5.74) is 5.61. The molecule has 5 nitrogen and oxygen atoms in total. The van der Waals surface area contributed by atoms with E-state index >= 15 is 0 Å². The van der Waals surface area contributed by atoms with Crippen molar-refractivity contribution in [1.82, 2.24) is 0 Å². The van der Waals surface area contributed by atoms with E-state index in [4.69, 9.17) is 15.2 Å². The Hall–Kier alpha value is -0.910. The molecule has 1 rings (SSSR count). The summed E-state index contributed by atoms with van der Waals surface area (Å²) in [7, 11) is 1.38. The highest BCUT2D eigenvalue weighted by Crippen LogP contribution is 2.28. The van der Waals surface area contributed by atoms with Crippen LogP contribution < -0.4 is 5.73 Å². The van der Waals surface area contributed by atoms with Crippen LogP contribution >= 0.6 is 0 Å². The number of carbonyl (C=O) groups excluding carboxylic acids is 1. The van der Waals surface area contributed by atoms with Crippen LogP contribution in [0.15, 0.2) is 12.2 Å². The molecule has 0 saturated carbocycles. The van der Waals surface area contributed by atoms with Crippen molar-refractivity contribution in [2.75, 3.05) is 13.7 Å². The molecule has 0 bridgehead atoms. The van der Waals surface area contributed by atoms with E-state index in [1.54, 1.807) is 0 Å². The Kier molecular flexibility index (Phi) is 5.11. The lowest BCUT2D eigenvalue weighted by Crippen LogP contribution is -2.29. The van der Waals surface area contributed by atoms with Gasteiger partial charge in [-0.2, -0.15) is 0 Å². The first-order chi connectivity index (χ1) is 7.98. The molecule has 98 valence electrons. The summed E-state index contributed by atoms with van der Waals surface area (Å²) in [4.78, 5) is 10.9. The van der Waals surface area contributed by atoms with Crippen LogP contribution in [0.2, 0.25) is 0 Å². The van der Waals surface area contributed by atoms with Gasteiger partial charge < -0.3 is 19.9 Å². The Morgan fingerprint density at radius 1 is 1.47 bits per heavy atom. The zero-order valence-corrected chi connectivity index (χ0v) is 10.6. The molecule has 0 aromatic heterocycles. The average molecular weight is 243 g/mol. The number of rotatable bonds is 5. The SMILES string of the molecule is COC(=O)CC/C=C/C1OC(C)(C)OC1CN. The van der Waals surface area contributed by atoms with Crippen molar-refractivity contribution in [3.05, 3.63) is 12.2 Å². The fraction of sp³-hybridized carbons (Fsp3) is 0.750. The van der Waals surface area contributed by atoms with Gasteiger partial charge in [-0.15, -0.1) is 0 Å². The number of nitrogens with two attached hydrogens (primary N) is 1. The largest absolute Gasteiger partial charge is 0.469 e. The molecular weight excluding hydrogens is 222 g/mol. The topological polar surface area (TPSA) is 70.8 Å². The van der Waals surface area contributed by atoms with Crippen LogP contribution in [-0.2, 0) is 19.0 Å². The fourth-order valence-corrected chi connectivity index (χ4v) is 1.74. The second-order valence-corrected chi connectivity index (χ2v) is 4.42. The lowest BCUT2D eigenvalue weighted by molar-refractivity contribution is -0.142. The van der Waals surface area contributed by atoms with Gasteiger partial charge in [0, 0.05) is 13.0 Å². The van der Waals surface area contributed by atoms with Gasteiger partial charge >= 0.3 is 5.97 Å². The highest BCUT2D eigenvalue weighted by atomic mass is 16.7. The average Bonchev–Trinajstić information content (AvgIpc) is 2.59. The minimum atomic E-state index is -0.596. The molecule has 0 radical (unpaired) electrons. The second kappa shape index (κ2) is 6.14. The van der Waals surface area contributed by atoms with Gasteiger partial charge in [-0.1, -0.05) is 12.2 Å². The van der Waals surface area contributed by atoms with E-state index in [0.717, 1.165) is 0 Å². The lowest BCUT2D eigenvalue weighted by Gasteiger charge is -2.16. The van der Waals surface area contributed by atoms with E-state index in [1.165, 1.54) is 7.11 Å². The molecule has 2 N–H and O–H groups in total. The summed E-state index contributed by atoms with van der Waals surface area (Å²) in [5.74, 6) is -0.810. The minimum absolute atomic E-state index is 0.126. The molecule has 0 amide bonds. The first kappa shape index (κ1) is 14.2. The van der Waals surface area contributed by atoms with Gasteiger partial charge in [-0.3, -0.25) is 4.79 Å². The number of methoxy groups -OCH3 is 1. The van der Waals surface area contributed by atoms with Crippen molar-refractivity contribution in [3.8, 4) is 0 Å². The van der Waals surface area contributed by atoms with E-state index in [-0.39, 0.29) is 18.2 Å². The predicted octanol–water partition coefficient (Wildman–Crippen LogP) is 0.975. The molecule has 0 aromatic rings. The lowest BCUT2D eigenvalue weighted by atomic mass is 10.1. The quantitative estimate of drug-likeness (QED) is 0.575. The number of esters is 1. The van der Waals surface area contributed by atoms with Crippen LogP contribution in [0.25, 0.3) is 0 Å². The minimum Gasteiger partial charge on any atom is -0.469 e. The maximum Gasteiger partial charge on any atom is 0.305 e. The van der Waals surface area contributed by atoms with Gasteiger partial charge in [0.05, 0.1) is 7.11 Å². The van der Waals surface area contributed by atoms with E-state index in [2.05, 4.69) is 4.74 Å². The summed E-state index contributed by atoms with van der Waals surface area (Å²) in [6.45, 7) is 4.13. The zero-order chi connectivity index (χ0) is 12.9. The van der Waals surface area contributed by atoms with Gasteiger partial charge in [-0.25, -0.2) is 0 Å². The normalized spacial score (nSPS) is 27.5. The summed E-state index contributed by atoms with van der Waals surface area (Å²) >= 11 is 0. The maximum absolute atomic E-state index is 10.9. The second-order valence-electron chi connectivity index (χ2n) is 4.42. The van der Waals surface area contributed by atoms with E-state index in [1.807, 2.05) is 26.0 Å². The fourth-order valence-electron chi connectivity index (χ4n) is 1.74. The Morgan fingerprint density at radius 2 is 2.18 bits per heavy atom. The summed E-state index contributed by atoms with van der Waals surface area (Å²) in [5, 5.41) is 0. The van der Waals surface area contributed by atoms with Crippen molar-refractivity contribution in [1.29, 1.82) is 0 Å². The summed E-state index contributed by atoms with van der Waals surface area (Å²) in [6.07, 6.45) is 4.53. The molecule has 5 heteroatoms. The highest BCUT2D eigenvalue weighted by molar-refractivity contribution is 5.69. The van der Waals surface area contributed by atoms with Crippen LogP contribution in [0.4, 0.5) is 0 Å². The van der Waals surface area contributed by atoms with Crippen LogP contribution in [0.5, 0.6) is 0 Å². The molecule has 1 saturated heterocycles. The molecule has 1 aliphatic heterocycles. The third-order valence-corrected chi connectivity index (χ3v) is 2.52. The monoisotopic (exact) mass is 243 g/mol. The van der Waals surface area contributed by atoms with Crippen molar-refractivity contribution < 1.29 is 19.0 Å². The van der Waals surface area contributed by atoms with Crippen molar-refractivity contribution in [3.63, 3.8) is 0 Å². The summed E-state index contributed by atoms with van der Waals surface area (Å²) < 4.78 is 15.8. The molecule has 2 atom stereocenters. The zero-order valence-electron chi connectivity index (χ0n) is 10.6. The predicted molar refractivity (Wildman–Crippen MR) is 63.3 cm³/mol. The van der Waals surface area contributed by atoms with Gasteiger partial charge in [0.1, 0.15) is 12.2 Å². The standard InChI is InChI=1S/C12H21NO4/c1-12(2)16-9(10(8-13)17-12)6-4-5-7-11(14)15-3/h4,6,9-10H,5,7-8,13H2,1-3H3/b6-4+. The molecule has 17 heavy (non-hydrogen) atoms. The molecule has 0 spiro atoms. The smallest absolute Gasteiger partial charge is 0.305 e. The Bertz CT molecular complexity index is 288. The Morgan fingerprint density at radius 3 is 2.76 bits per heavy atom. The highest BCUT2D eigenvalue weighted by Gasteiger charge is 2.38. The molecule has 2 unspecified atom stereocenters. The Labute approximate surface area is 102 Å². The number of allylic oxidation sites excluding steroid dienone is 1. The van der Waals surface area contributed by atoms with Crippen molar-refractivity contribution in [2.45, 2.75) is 44.7 Å². The van der Waals surface area contributed by atoms with E-state index in [0.29, 0.717) is 19.4 Å². The van der Waals surface area contributed by atoms with Gasteiger partial charge in [0.2, 0.25) is 0 Å². The first-order valence-electron chi connectivity index (χ1n) is 5.77. The third-order valence-electron chi connectivity index (χ3n) is 2.52. The van der Waals surface area contributed by atoms with Crippen LogP contribution in [-0.4, -0.2) is 37.6 Å². The number of ether oxygens (including phenoxy) is 3. The molecule has 1 heterocycles. The third kappa shape index (κ3) is 4.46. The molecule has 1 fully saturated rings. The molecule has 1 aliphatic rings. The van der Waals surface area contributed by atoms with Crippen LogP contribution in [0, 0.1) is 0 Å². The first-order valence-corrected chi connectivity index (χ1v) is 5.77. The molecule has 0 aliphatic carbocycles. The van der Waals surface area contributed by atoms with E-state index in [9.17, 15) is 4.79 Å². The van der Waals surface area contributed by atoms with Gasteiger partial charge in [-0.05, 0) is 20.3 Å². The summed E-state index contributed by atoms with van der Waals surface area (Å²) in [6, 6.07) is 0. The van der Waals surface area contributed by atoms with Crippen molar-refractivity contribution >= 4 is 5.97 Å².